The third-order valence-corrected chi connectivity index (χ3v) is 9.09. The molecule has 0 bridgehead atoms. The monoisotopic (exact) mass is 547 g/mol. The highest BCUT2D eigenvalue weighted by molar-refractivity contribution is 7.89. The number of fused-ring (bicyclic) bond motifs is 1. The van der Waals surface area contributed by atoms with E-state index in [1.165, 1.54) is 16.4 Å². The van der Waals surface area contributed by atoms with Crippen molar-refractivity contribution in [2.45, 2.75) is 17.5 Å². The van der Waals surface area contributed by atoms with Gasteiger partial charge in [0, 0.05) is 32.7 Å². The lowest BCUT2D eigenvalue weighted by molar-refractivity contribution is -0.143. The van der Waals surface area contributed by atoms with E-state index in [0.29, 0.717) is 12.4 Å². The van der Waals surface area contributed by atoms with Gasteiger partial charge in [-0.3, -0.25) is 9.69 Å². The van der Waals surface area contributed by atoms with E-state index in [1.807, 2.05) is 42.5 Å². The smallest absolute Gasteiger partial charge is 0.322 e. The molecule has 1 fully saturated rings. The van der Waals surface area contributed by atoms with Crippen LogP contribution in [0.4, 0.5) is 0 Å². The van der Waals surface area contributed by atoms with Crippen molar-refractivity contribution in [1.82, 2.24) is 13.9 Å². The highest BCUT2D eigenvalue weighted by Gasteiger charge is 2.32. The Morgan fingerprint density at radius 3 is 2.24 bits per heavy atom. The molecule has 0 aliphatic carbocycles. The number of aliphatic carboxylic acids is 1. The first-order valence-electron chi connectivity index (χ1n) is 11.7. The maximum atomic E-state index is 12.8. The van der Waals surface area contributed by atoms with Crippen LogP contribution in [-0.2, 0) is 31.4 Å². The predicted octanol–water partition coefficient (Wildman–Crippen LogP) is 1.73. The molecular weight excluding hydrogens is 518 g/mol. The summed E-state index contributed by atoms with van der Waals surface area (Å²) in [5.41, 5.74) is 1.01. The summed E-state index contributed by atoms with van der Waals surface area (Å²) in [7, 11) is -7.34. The van der Waals surface area contributed by atoms with Crippen LogP contribution in [0.2, 0.25) is 0 Å². The lowest BCUT2D eigenvalue weighted by atomic mass is 10.1. The number of hydrogen-bond acceptors (Lipinski definition) is 7. The minimum absolute atomic E-state index is 0.0176. The van der Waals surface area contributed by atoms with Gasteiger partial charge < -0.3 is 9.84 Å². The number of carbonyl (C=O) groups is 1. The maximum Gasteiger partial charge on any atom is 0.322 e. The van der Waals surface area contributed by atoms with Gasteiger partial charge in [-0.15, -0.1) is 0 Å². The Kier molecular flexibility index (Phi) is 8.14. The molecule has 0 spiro atoms. The van der Waals surface area contributed by atoms with Crippen molar-refractivity contribution in [3.8, 4) is 5.75 Å². The fourth-order valence-electron chi connectivity index (χ4n) is 4.29. The number of carboxylic acids is 1. The first kappa shape index (κ1) is 27.0. The Morgan fingerprint density at radius 2 is 1.59 bits per heavy atom. The van der Waals surface area contributed by atoms with Crippen LogP contribution in [0, 0.1) is 0 Å². The van der Waals surface area contributed by atoms with Gasteiger partial charge in [-0.1, -0.05) is 42.5 Å². The molecule has 2 N–H and O–H groups in total. The second-order valence-corrected chi connectivity index (χ2v) is 12.6. The van der Waals surface area contributed by atoms with E-state index in [2.05, 4.69) is 4.72 Å². The molecule has 4 rings (SSSR count). The Balaban J connectivity index is 1.36. The van der Waals surface area contributed by atoms with Crippen molar-refractivity contribution in [3.63, 3.8) is 0 Å². The zero-order valence-corrected chi connectivity index (χ0v) is 21.9. The Bertz CT molecular complexity index is 1460. The molecule has 1 aliphatic rings. The van der Waals surface area contributed by atoms with E-state index in [-0.39, 0.29) is 37.6 Å². The van der Waals surface area contributed by atoms with Crippen molar-refractivity contribution in [1.29, 1.82) is 0 Å². The Morgan fingerprint density at radius 1 is 0.946 bits per heavy atom. The van der Waals surface area contributed by atoms with Gasteiger partial charge in [0.1, 0.15) is 18.4 Å². The van der Waals surface area contributed by atoms with Crippen LogP contribution < -0.4 is 9.46 Å². The van der Waals surface area contributed by atoms with Crippen LogP contribution in [0.3, 0.4) is 0 Å². The van der Waals surface area contributed by atoms with Gasteiger partial charge in [0.25, 0.3) is 0 Å². The van der Waals surface area contributed by atoms with Gasteiger partial charge in [0.2, 0.25) is 20.0 Å². The summed E-state index contributed by atoms with van der Waals surface area (Å²) >= 11 is 0. The van der Waals surface area contributed by atoms with E-state index in [1.54, 1.807) is 17.0 Å². The second kappa shape index (κ2) is 11.2. The van der Waals surface area contributed by atoms with E-state index in [4.69, 9.17) is 4.74 Å². The number of carboxylic acid groups (broad SMARTS) is 1. The van der Waals surface area contributed by atoms with Gasteiger partial charge in [-0.2, -0.15) is 4.31 Å². The number of nitrogens with zero attached hydrogens (tertiary/aromatic N) is 2. The minimum Gasteiger partial charge on any atom is -0.489 e. The van der Waals surface area contributed by atoms with Crippen LogP contribution in [0.1, 0.15) is 5.56 Å². The van der Waals surface area contributed by atoms with E-state index < -0.39 is 32.1 Å². The molecule has 198 valence electrons. The first-order valence-corrected chi connectivity index (χ1v) is 15.0. The summed E-state index contributed by atoms with van der Waals surface area (Å²) in [6, 6.07) is 18.7. The summed E-state index contributed by atoms with van der Waals surface area (Å²) in [4.78, 5) is 13.4. The quantitative estimate of drug-likeness (QED) is 0.392. The van der Waals surface area contributed by atoms with Crippen molar-refractivity contribution >= 4 is 36.8 Å². The van der Waals surface area contributed by atoms with Crippen molar-refractivity contribution < 1.29 is 31.5 Å². The summed E-state index contributed by atoms with van der Waals surface area (Å²) in [6.07, 6.45) is 1.10. The van der Waals surface area contributed by atoms with Crippen LogP contribution >= 0.6 is 0 Å². The molecule has 1 heterocycles. The highest BCUT2D eigenvalue weighted by Crippen LogP contribution is 2.22. The second-order valence-electron chi connectivity index (χ2n) is 8.80. The normalized spacial score (nSPS) is 16.5. The number of hydrogen-bond donors (Lipinski definition) is 2. The first-order chi connectivity index (χ1) is 17.5. The lowest BCUT2D eigenvalue weighted by Crippen LogP contribution is -2.56. The third kappa shape index (κ3) is 6.65. The fraction of sp³-hybridized carbons (Fsp3) is 0.320. The summed E-state index contributed by atoms with van der Waals surface area (Å²) in [5.74, 6) is -0.688. The highest BCUT2D eigenvalue weighted by atomic mass is 32.2. The van der Waals surface area contributed by atoms with Crippen LogP contribution in [0.25, 0.3) is 10.8 Å². The van der Waals surface area contributed by atoms with E-state index in [9.17, 15) is 26.7 Å². The van der Waals surface area contributed by atoms with Crippen molar-refractivity contribution in [2.24, 2.45) is 0 Å². The minimum atomic E-state index is -3.98. The van der Waals surface area contributed by atoms with Crippen LogP contribution in [0.5, 0.6) is 5.75 Å². The summed E-state index contributed by atoms with van der Waals surface area (Å²) in [6.45, 7) is 0.642. The summed E-state index contributed by atoms with van der Waals surface area (Å²) in [5, 5.41) is 11.8. The zero-order valence-electron chi connectivity index (χ0n) is 20.3. The molecule has 1 saturated heterocycles. The summed E-state index contributed by atoms with van der Waals surface area (Å²) < 4.78 is 58.5. The topological polar surface area (TPSA) is 133 Å². The largest absolute Gasteiger partial charge is 0.489 e. The molecule has 1 atom stereocenters. The average molecular weight is 548 g/mol. The number of piperazine rings is 1. The van der Waals surface area contributed by atoms with Crippen molar-refractivity contribution in [2.75, 3.05) is 39.0 Å². The van der Waals surface area contributed by atoms with Gasteiger partial charge in [0.15, 0.2) is 0 Å². The average Bonchev–Trinajstić information content (AvgIpc) is 2.87. The molecule has 3 aromatic carbocycles. The standard InChI is InChI=1S/C25H29N3O7S2/c1-36(31,32)28-15-13-27(14-16-28)24(25(29)30)17-26-37(33,34)22-11-9-21(10-12-22)35-18-20-7-4-6-19-5-2-3-8-23(19)20/h2-12,24,26H,13-18H2,1H3,(H,29,30). The molecule has 3 aromatic rings. The number of rotatable bonds is 10. The maximum absolute atomic E-state index is 12.8. The molecular formula is C25H29N3O7S2. The van der Waals surface area contributed by atoms with E-state index in [0.717, 1.165) is 22.6 Å². The van der Waals surface area contributed by atoms with Gasteiger partial charge in [-0.05, 0) is 40.6 Å². The predicted molar refractivity (Wildman–Crippen MR) is 139 cm³/mol. The van der Waals surface area contributed by atoms with Gasteiger partial charge >= 0.3 is 5.97 Å². The molecule has 12 heteroatoms. The molecule has 10 nitrogen and oxygen atoms in total. The van der Waals surface area contributed by atoms with Crippen LogP contribution in [-0.4, -0.2) is 82.1 Å². The molecule has 0 aromatic heterocycles. The van der Waals surface area contributed by atoms with Gasteiger partial charge in [0.05, 0.1) is 11.2 Å². The molecule has 0 amide bonds. The van der Waals surface area contributed by atoms with Gasteiger partial charge in [-0.25, -0.2) is 21.6 Å². The Labute approximate surface area is 216 Å². The zero-order chi connectivity index (χ0) is 26.6. The Hall–Kier alpha value is -3.03. The fourth-order valence-corrected chi connectivity index (χ4v) is 6.15. The molecule has 1 aliphatic heterocycles. The van der Waals surface area contributed by atoms with Crippen LogP contribution in [0.15, 0.2) is 71.6 Å². The van der Waals surface area contributed by atoms with E-state index >= 15 is 0 Å². The lowest BCUT2D eigenvalue weighted by Gasteiger charge is -2.36. The molecule has 0 saturated carbocycles. The molecule has 0 radical (unpaired) electrons. The number of nitrogens with one attached hydrogen (secondary N) is 1. The molecule has 37 heavy (non-hydrogen) atoms. The number of benzene rings is 3. The third-order valence-electron chi connectivity index (χ3n) is 6.34. The number of sulfonamides is 2. The number of ether oxygens (including phenoxy) is 1. The molecule has 1 unspecified atom stereocenters. The van der Waals surface area contributed by atoms with Crippen molar-refractivity contribution in [3.05, 3.63) is 72.3 Å². The SMILES string of the molecule is CS(=O)(=O)N1CCN(C(CNS(=O)(=O)c2ccc(OCc3cccc4ccccc34)cc2)C(=O)O)CC1.